The zero-order valence-electron chi connectivity index (χ0n) is 14.0. The Morgan fingerprint density at radius 3 is 2.69 bits per heavy atom. The van der Waals surface area contributed by atoms with Crippen molar-refractivity contribution < 1.29 is 4.39 Å². The van der Waals surface area contributed by atoms with Crippen LogP contribution in [0.1, 0.15) is 18.1 Å². The third-order valence-electron chi connectivity index (χ3n) is 4.19. The Kier molecular flexibility index (Phi) is 4.34. The first-order valence-electron chi connectivity index (χ1n) is 8.24. The number of aryl methyl sites for hydroxylation is 1. The van der Waals surface area contributed by atoms with E-state index >= 15 is 0 Å². The fourth-order valence-corrected chi connectivity index (χ4v) is 3.07. The van der Waals surface area contributed by atoms with E-state index in [9.17, 15) is 4.39 Å². The molecule has 0 aliphatic rings. The Morgan fingerprint density at radius 1 is 1.08 bits per heavy atom. The summed E-state index contributed by atoms with van der Waals surface area (Å²) in [6.07, 6.45) is 4.14. The van der Waals surface area contributed by atoms with Crippen LogP contribution in [-0.2, 0) is 13.0 Å². The van der Waals surface area contributed by atoms with Crippen molar-refractivity contribution in [1.82, 2.24) is 24.7 Å². The van der Waals surface area contributed by atoms with E-state index in [1.807, 2.05) is 19.1 Å². The Balaban J connectivity index is 1.84. The molecule has 3 aromatic heterocycles. The second kappa shape index (κ2) is 6.80. The number of rotatable bonds is 4. The highest BCUT2D eigenvalue weighted by atomic mass is 35.5. The lowest BCUT2D eigenvalue weighted by molar-refractivity contribution is 0.589. The number of fused-ring (bicyclic) bond motifs is 1. The van der Waals surface area contributed by atoms with Crippen molar-refractivity contribution in [2.45, 2.75) is 19.9 Å². The molecule has 0 unspecified atom stereocenters. The summed E-state index contributed by atoms with van der Waals surface area (Å²) in [7, 11) is 0. The summed E-state index contributed by atoms with van der Waals surface area (Å²) in [6.45, 7) is 2.26. The smallest absolute Gasteiger partial charge is 0.182 e. The number of hydrogen-bond acceptors (Lipinski definition) is 4. The summed E-state index contributed by atoms with van der Waals surface area (Å²) in [5.41, 5.74) is 2.64. The van der Waals surface area contributed by atoms with Crippen LogP contribution in [0.3, 0.4) is 0 Å². The van der Waals surface area contributed by atoms with Crippen molar-refractivity contribution in [2.75, 3.05) is 0 Å². The standard InChI is InChI=1S/C19H15ClFN5/c1-2-12-10-23-18(24-17(12)20)16-14-7-5-9-22-19(14)26(25-16)11-13-6-3-4-8-15(13)21/h3-10H,2,11H2,1H3. The molecule has 0 N–H and O–H groups in total. The van der Waals surface area contributed by atoms with Crippen LogP contribution in [0.4, 0.5) is 4.39 Å². The van der Waals surface area contributed by atoms with E-state index in [4.69, 9.17) is 11.6 Å². The van der Waals surface area contributed by atoms with Crippen LogP contribution in [0.25, 0.3) is 22.6 Å². The van der Waals surface area contributed by atoms with Gasteiger partial charge in [0.1, 0.15) is 16.7 Å². The van der Waals surface area contributed by atoms with Crippen LogP contribution in [0.15, 0.2) is 48.8 Å². The average molecular weight is 368 g/mol. The molecule has 4 aromatic rings. The quantitative estimate of drug-likeness (QED) is 0.505. The van der Waals surface area contributed by atoms with Crippen LogP contribution in [0.5, 0.6) is 0 Å². The van der Waals surface area contributed by atoms with Crippen LogP contribution < -0.4 is 0 Å². The van der Waals surface area contributed by atoms with Gasteiger partial charge in [-0.15, -0.1) is 0 Å². The fraction of sp³-hybridized carbons (Fsp3) is 0.158. The number of benzene rings is 1. The van der Waals surface area contributed by atoms with E-state index in [-0.39, 0.29) is 12.4 Å². The number of pyridine rings is 1. The summed E-state index contributed by atoms with van der Waals surface area (Å²) in [4.78, 5) is 13.2. The topological polar surface area (TPSA) is 56.5 Å². The minimum atomic E-state index is -0.278. The molecule has 0 amide bonds. The normalized spacial score (nSPS) is 11.2. The Morgan fingerprint density at radius 2 is 1.92 bits per heavy atom. The zero-order valence-corrected chi connectivity index (χ0v) is 14.8. The second-order valence-electron chi connectivity index (χ2n) is 5.84. The van der Waals surface area contributed by atoms with E-state index in [2.05, 4.69) is 20.1 Å². The van der Waals surface area contributed by atoms with E-state index in [0.29, 0.717) is 27.9 Å². The lowest BCUT2D eigenvalue weighted by atomic mass is 10.2. The molecule has 0 atom stereocenters. The van der Waals surface area contributed by atoms with Crippen LogP contribution in [-0.4, -0.2) is 24.7 Å². The predicted molar refractivity (Wildman–Crippen MR) is 98.4 cm³/mol. The molecule has 3 heterocycles. The van der Waals surface area contributed by atoms with Crippen molar-refractivity contribution in [3.8, 4) is 11.5 Å². The lowest BCUT2D eigenvalue weighted by Gasteiger charge is -2.04. The van der Waals surface area contributed by atoms with Crippen LogP contribution in [0.2, 0.25) is 5.15 Å². The largest absolute Gasteiger partial charge is 0.242 e. The monoisotopic (exact) mass is 367 g/mol. The molecule has 0 fully saturated rings. The van der Waals surface area contributed by atoms with Gasteiger partial charge in [0.05, 0.1) is 11.9 Å². The minimum Gasteiger partial charge on any atom is -0.242 e. The van der Waals surface area contributed by atoms with Gasteiger partial charge in [-0.05, 0) is 24.6 Å². The van der Waals surface area contributed by atoms with E-state index in [0.717, 1.165) is 17.4 Å². The molecule has 0 aliphatic carbocycles. The van der Waals surface area contributed by atoms with Gasteiger partial charge >= 0.3 is 0 Å². The maximum Gasteiger partial charge on any atom is 0.182 e. The number of aromatic nitrogens is 5. The van der Waals surface area contributed by atoms with Crippen molar-refractivity contribution in [3.63, 3.8) is 0 Å². The third-order valence-corrected chi connectivity index (χ3v) is 4.52. The fourth-order valence-electron chi connectivity index (χ4n) is 2.81. The van der Waals surface area contributed by atoms with Gasteiger partial charge in [-0.1, -0.05) is 36.7 Å². The highest BCUT2D eigenvalue weighted by Crippen LogP contribution is 2.26. The first kappa shape index (κ1) is 16.6. The van der Waals surface area contributed by atoms with Crippen molar-refractivity contribution in [3.05, 3.63) is 70.9 Å². The number of nitrogens with zero attached hydrogens (tertiary/aromatic N) is 5. The third kappa shape index (κ3) is 2.93. The first-order chi connectivity index (χ1) is 12.7. The molecule has 26 heavy (non-hydrogen) atoms. The Hall–Kier alpha value is -2.86. The summed E-state index contributed by atoms with van der Waals surface area (Å²) < 4.78 is 15.7. The molecular formula is C19H15ClFN5. The summed E-state index contributed by atoms with van der Waals surface area (Å²) in [5, 5.41) is 5.81. The molecule has 4 rings (SSSR count). The molecule has 0 spiro atoms. The summed E-state index contributed by atoms with van der Waals surface area (Å²) >= 11 is 6.24. The van der Waals surface area contributed by atoms with Gasteiger partial charge in [0.15, 0.2) is 11.5 Å². The van der Waals surface area contributed by atoms with Crippen molar-refractivity contribution in [2.24, 2.45) is 0 Å². The number of hydrogen-bond donors (Lipinski definition) is 0. The summed E-state index contributed by atoms with van der Waals surface area (Å²) in [5.74, 6) is 0.151. The first-order valence-corrected chi connectivity index (χ1v) is 8.62. The molecule has 0 saturated heterocycles. The van der Waals surface area contributed by atoms with E-state index < -0.39 is 0 Å². The molecule has 7 heteroatoms. The predicted octanol–water partition coefficient (Wildman–Crippen LogP) is 4.29. The van der Waals surface area contributed by atoms with E-state index in [1.165, 1.54) is 6.07 Å². The van der Waals surface area contributed by atoms with Crippen LogP contribution in [0, 0.1) is 5.82 Å². The maximum absolute atomic E-state index is 14.0. The van der Waals surface area contributed by atoms with Gasteiger partial charge in [0, 0.05) is 23.5 Å². The highest BCUT2D eigenvalue weighted by Gasteiger charge is 2.17. The lowest BCUT2D eigenvalue weighted by Crippen LogP contribution is -2.05. The second-order valence-corrected chi connectivity index (χ2v) is 6.19. The van der Waals surface area contributed by atoms with Crippen LogP contribution >= 0.6 is 11.6 Å². The van der Waals surface area contributed by atoms with Crippen molar-refractivity contribution >= 4 is 22.6 Å². The Bertz CT molecular complexity index is 1090. The van der Waals surface area contributed by atoms with Gasteiger partial charge < -0.3 is 0 Å². The van der Waals surface area contributed by atoms with Gasteiger partial charge in [0.25, 0.3) is 0 Å². The molecule has 130 valence electrons. The minimum absolute atomic E-state index is 0.265. The van der Waals surface area contributed by atoms with Crippen molar-refractivity contribution in [1.29, 1.82) is 0 Å². The average Bonchev–Trinajstić information content (AvgIpc) is 3.02. The van der Waals surface area contributed by atoms with Gasteiger partial charge in [-0.25, -0.2) is 24.0 Å². The van der Waals surface area contributed by atoms with Gasteiger partial charge in [-0.3, -0.25) is 0 Å². The zero-order chi connectivity index (χ0) is 18.1. The molecule has 0 saturated carbocycles. The Labute approximate surface area is 154 Å². The summed E-state index contributed by atoms with van der Waals surface area (Å²) in [6, 6.07) is 10.3. The molecular weight excluding hydrogens is 353 g/mol. The number of halogens is 2. The molecule has 0 bridgehead atoms. The highest BCUT2D eigenvalue weighted by molar-refractivity contribution is 6.30. The van der Waals surface area contributed by atoms with E-state index in [1.54, 1.807) is 35.3 Å². The van der Waals surface area contributed by atoms with Gasteiger partial charge in [-0.2, -0.15) is 5.10 Å². The van der Waals surface area contributed by atoms with Gasteiger partial charge in [0.2, 0.25) is 0 Å². The SMILES string of the molecule is CCc1cnc(-c2nn(Cc3ccccc3F)c3ncccc23)nc1Cl. The molecule has 1 aromatic carbocycles. The molecule has 5 nitrogen and oxygen atoms in total. The molecule has 0 aliphatic heterocycles. The molecule has 0 radical (unpaired) electrons. The maximum atomic E-state index is 14.0.